The van der Waals surface area contributed by atoms with E-state index in [9.17, 15) is 14.7 Å². The Balaban J connectivity index is 2.74. The quantitative estimate of drug-likeness (QED) is 0.692. The van der Waals surface area contributed by atoms with Crippen LogP contribution in [0.3, 0.4) is 0 Å². The third kappa shape index (κ3) is 3.22. The summed E-state index contributed by atoms with van der Waals surface area (Å²) in [5, 5.41) is 15.2. The maximum Gasteiger partial charge on any atom is 0.329 e. The summed E-state index contributed by atoms with van der Waals surface area (Å²) in [5.74, 6) is -1.18. The maximum absolute atomic E-state index is 12.3. The molecule has 1 aliphatic rings. The molecule has 1 aliphatic heterocycles. The summed E-state index contributed by atoms with van der Waals surface area (Å²) in [4.78, 5) is 23.6. The molecule has 18 heavy (non-hydrogen) atoms. The Labute approximate surface area is 108 Å². The van der Waals surface area contributed by atoms with Gasteiger partial charge in [0, 0.05) is 0 Å². The van der Waals surface area contributed by atoms with Gasteiger partial charge in [-0.1, -0.05) is 13.3 Å². The van der Waals surface area contributed by atoms with E-state index < -0.39 is 17.0 Å². The first-order valence-corrected chi connectivity index (χ1v) is 6.65. The number of rotatable bonds is 5. The van der Waals surface area contributed by atoms with Gasteiger partial charge in [-0.25, -0.2) is 4.79 Å². The van der Waals surface area contributed by atoms with Crippen LogP contribution in [0, 0.1) is 0 Å². The van der Waals surface area contributed by atoms with E-state index in [4.69, 9.17) is 0 Å². The van der Waals surface area contributed by atoms with Gasteiger partial charge in [0.15, 0.2) is 0 Å². The van der Waals surface area contributed by atoms with Crippen molar-refractivity contribution >= 4 is 11.9 Å². The van der Waals surface area contributed by atoms with Gasteiger partial charge in [-0.2, -0.15) is 0 Å². The fourth-order valence-corrected chi connectivity index (χ4v) is 2.36. The number of hydrogen-bond donors (Lipinski definition) is 3. The molecule has 104 valence electrons. The molecule has 1 heterocycles. The Morgan fingerprint density at radius 1 is 1.44 bits per heavy atom. The Morgan fingerprint density at radius 3 is 2.56 bits per heavy atom. The Hall–Kier alpha value is -1.10. The van der Waals surface area contributed by atoms with Crippen LogP contribution in [0.1, 0.15) is 52.9 Å². The third-order valence-corrected chi connectivity index (χ3v) is 3.73. The molecule has 5 nitrogen and oxygen atoms in total. The van der Waals surface area contributed by atoms with Crippen molar-refractivity contribution in [1.29, 1.82) is 0 Å². The van der Waals surface area contributed by atoms with Crippen LogP contribution in [-0.4, -0.2) is 34.6 Å². The molecule has 2 unspecified atom stereocenters. The average Bonchev–Trinajstić information content (AvgIpc) is 2.30. The number of hydrogen-bond acceptors (Lipinski definition) is 3. The minimum Gasteiger partial charge on any atom is -0.480 e. The molecule has 5 heteroatoms. The van der Waals surface area contributed by atoms with E-state index in [0.717, 1.165) is 25.8 Å². The second-order valence-corrected chi connectivity index (χ2v) is 5.56. The highest BCUT2D eigenvalue weighted by Gasteiger charge is 2.41. The number of aliphatic carboxylic acids is 1. The number of nitrogens with one attached hydrogen (secondary N) is 2. The Kier molecular flexibility index (Phi) is 4.73. The van der Waals surface area contributed by atoms with Gasteiger partial charge in [-0.05, 0) is 46.1 Å². The van der Waals surface area contributed by atoms with Crippen LogP contribution in [0.2, 0.25) is 0 Å². The second-order valence-electron chi connectivity index (χ2n) is 5.56. The monoisotopic (exact) mass is 256 g/mol. The summed E-state index contributed by atoms with van der Waals surface area (Å²) < 4.78 is 0. The fourth-order valence-electron chi connectivity index (χ4n) is 2.36. The van der Waals surface area contributed by atoms with Crippen molar-refractivity contribution in [3.05, 3.63) is 0 Å². The van der Waals surface area contributed by atoms with Crippen LogP contribution in [0.15, 0.2) is 0 Å². The molecule has 1 amide bonds. The fraction of sp³-hybridized carbons (Fsp3) is 0.846. The van der Waals surface area contributed by atoms with Crippen molar-refractivity contribution in [2.24, 2.45) is 0 Å². The molecule has 0 spiro atoms. The predicted octanol–water partition coefficient (Wildman–Crippen LogP) is 1.28. The number of amides is 1. The zero-order valence-electron chi connectivity index (χ0n) is 11.5. The van der Waals surface area contributed by atoms with Gasteiger partial charge in [-0.3, -0.25) is 4.79 Å². The van der Waals surface area contributed by atoms with Gasteiger partial charge in [0.2, 0.25) is 5.91 Å². The molecule has 0 aromatic rings. The van der Waals surface area contributed by atoms with E-state index in [2.05, 4.69) is 10.6 Å². The SMILES string of the molecule is CCCC(C)(NC(=O)C1(C)CCCCN1)C(=O)O. The topological polar surface area (TPSA) is 78.4 Å². The van der Waals surface area contributed by atoms with Crippen molar-refractivity contribution < 1.29 is 14.7 Å². The van der Waals surface area contributed by atoms with Gasteiger partial charge in [0.05, 0.1) is 5.54 Å². The van der Waals surface area contributed by atoms with E-state index in [0.29, 0.717) is 12.8 Å². The van der Waals surface area contributed by atoms with E-state index in [-0.39, 0.29) is 5.91 Å². The number of carbonyl (C=O) groups is 2. The third-order valence-electron chi connectivity index (χ3n) is 3.73. The van der Waals surface area contributed by atoms with Gasteiger partial charge in [0.25, 0.3) is 0 Å². The van der Waals surface area contributed by atoms with Crippen LogP contribution in [0.25, 0.3) is 0 Å². The van der Waals surface area contributed by atoms with E-state index in [1.54, 1.807) is 6.92 Å². The van der Waals surface area contributed by atoms with Crippen molar-refractivity contribution in [2.75, 3.05) is 6.54 Å². The van der Waals surface area contributed by atoms with Crippen LogP contribution < -0.4 is 10.6 Å². The molecule has 1 fully saturated rings. The van der Waals surface area contributed by atoms with E-state index in [1.807, 2.05) is 13.8 Å². The molecule has 1 rings (SSSR count). The molecule has 0 aromatic carbocycles. The molecule has 3 N–H and O–H groups in total. The first-order valence-electron chi connectivity index (χ1n) is 6.65. The molecule has 0 radical (unpaired) electrons. The predicted molar refractivity (Wildman–Crippen MR) is 69.4 cm³/mol. The standard InChI is InChI=1S/C13H24N2O3/c1-4-7-13(3,11(17)18)15-10(16)12(2)8-5-6-9-14-12/h14H,4-9H2,1-3H3,(H,15,16)(H,17,18). The molecular formula is C13H24N2O3. The Bertz CT molecular complexity index is 324. The smallest absolute Gasteiger partial charge is 0.329 e. The van der Waals surface area contributed by atoms with Crippen molar-refractivity contribution in [1.82, 2.24) is 10.6 Å². The lowest BCUT2D eigenvalue weighted by atomic mass is 9.87. The summed E-state index contributed by atoms with van der Waals surface area (Å²) in [7, 11) is 0. The summed E-state index contributed by atoms with van der Waals surface area (Å²) in [5.41, 5.74) is -1.81. The lowest BCUT2D eigenvalue weighted by Crippen LogP contribution is -2.63. The molecular weight excluding hydrogens is 232 g/mol. The van der Waals surface area contributed by atoms with Crippen LogP contribution in [-0.2, 0) is 9.59 Å². The van der Waals surface area contributed by atoms with Gasteiger partial charge in [-0.15, -0.1) is 0 Å². The zero-order chi connectivity index (χ0) is 13.8. The lowest BCUT2D eigenvalue weighted by Gasteiger charge is -2.37. The largest absolute Gasteiger partial charge is 0.480 e. The number of carbonyl (C=O) groups excluding carboxylic acids is 1. The number of piperidine rings is 1. The molecule has 0 aliphatic carbocycles. The highest BCUT2D eigenvalue weighted by Crippen LogP contribution is 2.21. The van der Waals surface area contributed by atoms with Gasteiger partial charge >= 0.3 is 5.97 Å². The van der Waals surface area contributed by atoms with Crippen molar-refractivity contribution in [2.45, 2.75) is 64.0 Å². The van der Waals surface area contributed by atoms with Crippen molar-refractivity contribution in [3.63, 3.8) is 0 Å². The molecule has 0 bridgehead atoms. The number of carboxylic acids is 1. The van der Waals surface area contributed by atoms with Gasteiger partial charge in [0.1, 0.15) is 5.54 Å². The second kappa shape index (κ2) is 5.69. The van der Waals surface area contributed by atoms with E-state index in [1.165, 1.54) is 0 Å². The summed E-state index contributed by atoms with van der Waals surface area (Å²) in [6, 6.07) is 0. The first kappa shape index (κ1) is 15.0. The zero-order valence-corrected chi connectivity index (χ0v) is 11.5. The van der Waals surface area contributed by atoms with Crippen molar-refractivity contribution in [3.8, 4) is 0 Å². The summed E-state index contributed by atoms with van der Waals surface area (Å²) in [6.45, 7) is 6.13. The minimum atomic E-state index is -1.17. The molecule has 1 saturated heterocycles. The van der Waals surface area contributed by atoms with Crippen LogP contribution >= 0.6 is 0 Å². The average molecular weight is 256 g/mol. The minimum absolute atomic E-state index is 0.208. The highest BCUT2D eigenvalue weighted by atomic mass is 16.4. The Morgan fingerprint density at radius 2 is 2.11 bits per heavy atom. The maximum atomic E-state index is 12.3. The molecule has 2 atom stereocenters. The lowest BCUT2D eigenvalue weighted by molar-refractivity contribution is -0.148. The van der Waals surface area contributed by atoms with Crippen LogP contribution in [0.4, 0.5) is 0 Å². The first-order chi connectivity index (χ1) is 8.34. The van der Waals surface area contributed by atoms with Gasteiger partial charge < -0.3 is 15.7 Å². The van der Waals surface area contributed by atoms with E-state index >= 15 is 0 Å². The molecule has 0 aromatic heterocycles. The van der Waals surface area contributed by atoms with Crippen LogP contribution in [0.5, 0.6) is 0 Å². The normalized spacial score (nSPS) is 27.3. The molecule has 0 saturated carbocycles. The number of carboxylic acid groups (broad SMARTS) is 1. The highest BCUT2D eigenvalue weighted by molar-refractivity contribution is 5.91. The summed E-state index contributed by atoms with van der Waals surface area (Å²) >= 11 is 0. The summed E-state index contributed by atoms with van der Waals surface area (Å²) in [6.07, 6.45) is 3.96.